The van der Waals surface area contributed by atoms with Crippen molar-refractivity contribution in [1.29, 1.82) is 0 Å². The average molecular weight is 265 g/mol. The van der Waals surface area contributed by atoms with Crippen molar-refractivity contribution in [3.05, 3.63) is 23.8 Å². The number of nitrogens with one attached hydrogen (secondary N) is 1. The third-order valence-corrected chi connectivity index (χ3v) is 3.95. The SMILES string of the molecule is COC1(CNC2COc3cc(O)ccc32)CCOC1. The number of phenolic OH excluding ortho intramolecular Hbond substituents is 1. The Labute approximate surface area is 112 Å². The lowest BCUT2D eigenvalue weighted by atomic mass is 10.0. The van der Waals surface area contributed by atoms with Gasteiger partial charge in [0.1, 0.15) is 23.7 Å². The number of rotatable bonds is 4. The van der Waals surface area contributed by atoms with E-state index in [1.54, 1.807) is 19.2 Å². The molecular weight excluding hydrogens is 246 g/mol. The van der Waals surface area contributed by atoms with Gasteiger partial charge in [0.15, 0.2) is 0 Å². The van der Waals surface area contributed by atoms with E-state index in [0.29, 0.717) is 13.2 Å². The van der Waals surface area contributed by atoms with Gasteiger partial charge in [-0.05, 0) is 12.1 Å². The molecule has 3 rings (SSSR count). The molecule has 2 aliphatic rings. The van der Waals surface area contributed by atoms with Crippen LogP contribution in [0.3, 0.4) is 0 Å². The zero-order valence-electron chi connectivity index (χ0n) is 11.0. The number of fused-ring (bicyclic) bond motifs is 1. The Balaban J connectivity index is 1.66. The monoisotopic (exact) mass is 265 g/mol. The Kier molecular flexibility index (Phi) is 3.35. The molecule has 0 radical (unpaired) electrons. The lowest BCUT2D eigenvalue weighted by Crippen LogP contribution is -2.44. The highest BCUT2D eigenvalue weighted by Gasteiger charge is 2.36. The van der Waals surface area contributed by atoms with Crippen LogP contribution in [0.5, 0.6) is 11.5 Å². The first kappa shape index (κ1) is 12.7. The maximum atomic E-state index is 9.43. The summed E-state index contributed by atoms with van der Waals surface area (Å²) in [5.41, 5.74) is 0.864. The van der Waals surface area contributed by atoms with Crippen LogP contribution in [-0.4, -0.2) is 44.2 Å². The summed E-state index contributed by atoms with van der Waals surface area (Å²) in [4.78, 5) is 0. The van der Waals surface area contributed by atoms with Gasteiger partial charge in [0.2, 0.25) is 0 Å². The van der Waals surface area contributed by atoms with Crippen LogP contribution in [0.2, 0.25) is 0 Å². The lowest BCUT2D eigenvalue weighted by Gasteiger charge is -2.27. The number of aromatic hydroxyl groups is 1. The van der Waals surface area contributed by atoms with Gasteiger partial charge < -0.3 is 24.6 Å². The summed E-state index contributed by atoms with van der Waals surface area (Å²) in [6.07, 6.45) is 0.909. The molecule has 0 saturated carbocycles. The normalized spacial score (nSPS) is 29.2. The molecule has 2 heterocycles. The summed E-state index contributed by atoms with van der Waals surface area (Å²) < 4.78 is 16.6. The van der Waals surface area contributed by atoms with E-state index in [1.165, 1.54) is 0 Å². The van der Waals surface area contributed by atoms with E-state index in [9.17, 15) is 5.11 Å². The molecule has 5 nitrogen and oxygen atoms in total. The van der Waals surface area contributed by atoms with Gasteiger partial charge in [-0.15, -0.1) is 0 Å². The molecule has 104 valence electrons. The molecule has 1 aromatic rings. The van der Waals surface area contributed by atoms with Crippen molar-refractivity contribution in [2.75, 3.05) is 33.5 Å². The van der Waals surface area contributed by atoms with Crippen LogP contribution >= 0.6 is 0 Å². The number of methoxy groups -OCH3 is 1. The third kappa shape index (κ3) is 2.41. The van der Waals surface area contributed by atoms with E-state index >= 15 is 0 Å². The van der Waals surface area contributed by atoms with Crippen LogP contribution in [0.4, 0.5) is 0 Å². The van der Waals surface area contributed by atoms with Crippen molar-refractivity contribution < 1.29 is 19.3 Å². The highest BCUT2D eigenvalue weighted by molar-refractivity contribution is 5.44. The molecule has 1 fully saturated rings. The zero-order chi connectivity index (χ0) is 13.3. The lowest BCUT2D eigenvalue weighted by molar-refractivity contribution is -0.0178. The largest absolute Gasteiger partial charge is 0.508 e. The summed E-state index contributed by atoms with van der Waals surface area (Å²) in [6.45, 7) is 2.70. The first-order valence-corrected chi connectivity index (χ1v) is 6.54. The van der Waals surface area contributed by atoms with Gasteiger partial charge in [0, 0.05) is 38.3 Å². The van der Waals surface area contributed by atoms with Gasteiger partial charge >= 0.3 is 0 Å². The predicted molar refractivity (Wildman–Crippen MR) is 69.5 cm³/mol. The quantitative estimate of drug-likeness (QED) is 0.857. The van der Waals surface area contributed by atoms with Crippen LogP contribution < -0.4 is 10.1 Å². The van der Waals surface area contributed by atoms with Crippen LogP contribution in [0, 0.1) is 0 Å². The van der Waals surface area contributed by atoms with E-state index in [4.69, 9.17) is 14.2 Å². The smallest absolute Gasteiger partial charge is 0.127 e. The Morgan fingerprint density at radius 2 is 2.42 bits per heavy atom. The van der Waals surface area contributed by atoms with E-state index in [-0.39, 0.29) is 17.4 Å². The maximum absolute atomic E-state index is 9.43. The summed E-state index contributed by atoms with van der Waals surface area (Å²) >= 11 is 0. The number of hydrogen-bond acceptors (Lipinski definition) is 5. The fourth-order valence-electron chi connectivity index (χ4n) is 2.64. The minimum Gasteiger partial charge on any atom is -0.508 e. The summed E-state index contributed by atoms with van der Waals surface area (Å²) in [6, 6.07) is 5.39. The van der Waals surface area contributed by atoms with Crippen molar-refractivity contribution in [3.8, 4) is 11.5 Å². The molecule has 0 aliphatic carbocycles. The Morgan fingerprint density at radius 3 is 3.16 bits per heavy atom. The number of benzene rings is 1. The molecule has 19 heavy (non-hydrogen) atoms. The average Bonchev–Trinajstić information content (AvgIpc) is 3.03. The molecule has 0 amide bonds. The molecule has 0 spiro atoms. The molecule has 0 bridgehead atoms. The Hall–Kier alpha value is -1.30. The first-order valence-electron chi connectivity index (χ1n) is 6.54. The summed E-state index contributed by atoms with van der Waals surface area (Å²) in [5, 5.41) is 12.9. The summed E-state index contributed by atoms with van der Waals surface area (Å²) in [7, 11) is 1.73. The Morgan fingerprint density at radius 1 is 1.53 bits per heavy atom. The van der Waals surface area contributed by atoms with Crippen molar-refractivity contribution >= 4 is 0 Å². The van der Waals surface area contributed by atoms with E-state index in [1.807, 2.05) is 6.07 Å². The maximum Gasteiger partial charge on any atom is 0.127 e. The van der Waals surface area contributed by atoms with Crippen LogP contribution in [0.25, 0.3) is 0 Å². The number of phenols is 1. The van der Waals surface area contributed by atoms with Crippen molar-refractivity contribution in [2.45, 2.75) is 18.1 Å². The molecule has 2 atom stereocenters. The minimum atomic E-state index is -0.223. The third-order valence-electron chi connectivity index (χ3n) is 3.95. The second-order valence-corrected chi connectivity index (χ2v) is 5.16. The molecule has 1 aromatic carbocycles. The van der Waals surface area contributed by atoms with Gasteiger partial charge in [-0.1, -0.05) is 0 Å². The van der Waals surface area contributed by atoms with Crippen molar-refractivity contribution in [2.24, 2.45) is 0 Å². The van der Waals surface area contributed by atoms with E-state index in [2.05, 4.69) is 5.32 Å². The fourth-order valence-corrected chi connectivity index (χ4v) is 2.64. The van der Waals surface area contributed by atoms with Crippen molar-refractivity contribution in [3.63, 3.8) is 0 Å². The van der Waals surface area contributed by atoms with Gasteiger partial charge in [0.25, 0.3) is 0 Å². The molecular formula is C14H19NO4. The van der Waals surface area contributed by atoms with E-state index in [0.717, 1.165) is 30.9 Å². The molecule has 0 aromatic heterocycles. The molecule has 2 aliphatic heterocycles. The topological polar surface area (TPSA) is 60.0 Å². The molecule has 5 heteroatoms. The second kappa shape index (κ2) is 5.00. The Bertz CT molecular complexity index is 457. The molecule has 1 saturated heterocycles. The van der Waals surface area contributed by atoms with Gasteiger partial charge in [-0.25, -0.2) is 0 Å². The van der Waals surface area contributed by atoms with Crippen LogP contribution in [0.15, 0.2) is 18.2 Å². The zero-order valence-corrected chi connectivity index (χ0v) is 11.0. The van der Waals surface area contributed by atoms with Crippen LogP contribution in [-0.2, 0) is 9.47 Å². The molecule has 2 unspecified atom stereocenters. The number of ether oxygens (including phenoxy) is 3. The van der Waals surface area contributed by atoms with Gasteiger partial charge in [-0.3, -0.25) is 0 Å². The minimum absolute atomic E-state index is 0.142. The van der Waals surface area contributed by atoms with E-state index < -0.39 is 0 Å². The van der Waals surface area contributed by atoms with Gasteiger partial charge in [0.05, 0.1) is 12.6 Å². The number of hydrogen-bond donors (Lipinski definition) is 2. The highest BCUT2D eigenvalue weighted by atomic mass is 16.5. The predicted octanol–water partition coefficient (Wildman–Crippen LogP) is 1.22. The summed E-state index contributed by atoms with van der Waals surface area (Å²) in [5.74, 6) is 0.989. The highest BCUT2D eigenvalue weighted by Crippen LogP contribution is 2.35. The van der Waals surface area contributed by atoms with Crippen LogP contribution in [0.1, 0.15) is 18.0 Å². The molecule has 2 N–H and O–H groups in total. The second-order valence-electron chi connectivity index (χ2n) is 5.16. The standard InChI is InChI=1S/C14H19NO4/c1-17-14(4-5-18-9-14)8-15-12-7-19-13-6-10(16)2-3-11(12)13/h2-3,6,12,15-16H,4-5,7-9H2,1H3. The fraction of sp³-hybridized carbons (Fsp3) is 0.571. The van der Waals surface area contributed by atoms with Gasteiger partial charge in [-0.2, -0.15) is 0 Å². The first-order chi connectivity index (χ1) is 9.22. The van der Waals surface area contributed by atoms with Crippen molar-refractivity contribution in [1.82, 2.24) is 5.32 Å².